The van der Waals surface area contributed by atoms with Crippen LogP contribution >= 0.6 is 11.6 Å². The highest BCUT2D eigenvalue weighted by molar-refractivity contribution is 6.30. The molecule has 0 saturated carbocycles. The van der Waals surface area contributed by atoms with Crippen LogP contribution in [0.3, 0.4) is 0 Å². The third-order valence-electron chi connectivity index (χ3n) is 5.20. The van der Waals surface area contributed by atoms with Gasteiger partial charge in [-0.3, -0.25) is 4.79 Å². The molecule has 31 heavy (non-hydrogen) atoms. The van der Waals surface area contributed by atoms with E-state index in [9.17, 15) is 4.79 Å². The molecule has 2 aromatic carbocycles. The molecule has 7 nitrogen and oxygen atoms in total. The summed E-state index contributed by atoms with van der Waals surface area (Å²) in [6.07, 6.45) is 2.00. The van der Waals surface area contributed by atoms with E-state index in [1.807, 2.05) is 49.4 Å². The third kappa shape index (κ3) is 4.66. The molecule has 1 atom stereocenters. The number of ether oxygens (including phenoxy) is 2. The van der Waals surface area contributed by atoms with Crippen LogP contribution < -0.4 is 9.47 Å². The smallest absolute Gasteiger partial charge is 0.249 e. The maximum atomic E-state index is 12.5. The van der Waals surface area contributed by atoms with Crippen molar-refractivity contribution in [2.75, 3.05) is 13.7 Å². The lowest BCUT2D eigenvalue weighted by Crippen LogP contribution is -2.27. The van der Waals surface area contributed by atoms with E-state index in [0.29, 0.717) is 54.2 Å². The van der Waals surface area contributed by atoms with E-state index >= 15 is 0 Å². The number of carbonyl (C=O) groups excluding carboxylic acids is 1. The van der Waals surface area contributed by atoms with Crippen LogP contribution in [0, 0.1) is 0 Å². The number of aromatic nitrogens is 2. The Bertz CT molecular complexity index is 1050. The number of likely N-dealkylation sites (tertiary alicyclic amines) is 1. The van der Waals surface area contributed by atoms with Crippen LogP contribution in [0.1, 0.15) is 43.7 Å². The number of methoxy groups -OCH3 is 1. The van der Waals surface area contributed by atoms with E-state index in [4.69, 9.17) is 25.6 Å². The van der Waals surface area contributed by atoms with Gasteiger partial charge in [0.2, 0.25) is 17.6 Å². The molecular weight excluding hydrogens is 418 g/mol. The van der Waals surface area contributed by atoms with Crippen molar-refractivity contribution in [2.24, 2.45) is 0 Å². The van der Waals surface area contributed by atoms with Crippen molar-refractivity contribution in [1.82, 2.24) is 15.0 Å². The van der Waals surface area contributed by atoms with Crippen molar-refractivity contribution in [3.8, 4) is 22.9 Å². The van der Waals surface area contributed by atoms with Crippen LogP contribution in [0.2, 0.25) is 5.02 Å². The summed E-state index contributed by atoms with van der Waals surface area (Å²) in [5.74, 6) is 2.23. The minimum absolute atomic E-state index is 0.0683. The van der Waals surface area contributed by atoms with Crippen molar-refractivity contribution in [3.05, 3.63) is 58.9 Å². The first-order valence-corrected chi connectivity index (χ1v) is 10.7. The van der Waals surface area contributed by atoms with Crippen molar-refractivity contribution in [3.63, 3.8) is 0 Å². The largest absolute Gasteiger partial charge is 0.493 e. The maximum absolute atomic E-state index is 12.5. The van der Waals surface area contributed by atoms with Gasteiger partial charge in [-0.1, -0.05) is 35.8 Å². The minimum atomic E-state index is -0.251. The molecule has 8 heteroatoms. The number of hydrogen-bond donors (Lipinski definition) is 0. The molecule has 1 aliphatic heterocycles. The molecule has 1 aliphatic rings. The summed E-state index contributed by atoms with van der Waals surface area (Å²) in [6, 6.07) is 12.7. The van der Waals surface area contributed by atoms with Gasteiger partial charge in [0.1, 0.15) is 6.04 Å². The Morgan fingerprint density at radius 2 is 2.00 bits per heavy atom. The van der Waals surface area contributed by atoms with Gasteiger partial charge >= 0.3 is 0 Å². The molecule has 1 aromatic heterocycles. The predicted molar refractivity (Wildman–Crippen MR) is 116 cm³/mol. The maximum Gasteiger partial charge on any atom is 0.249 e. The standard InChI is InChI=1S/C23H24ClN3O4/c1-3-12-30-19-10-6-16(13-20(19)29-2)22-25-23(31-26-22)18-9-11-21(28)27(18)14-15-4-7-17(24)8-5-15/h4-8,10,13,18H,3,9,11-12,14H2,1-2H3. The molecule has 0 aliphatic carbocycles. The molecular formula is C23H24ClN3O4. The second kappa shape index (κ2) is 9.39. The van der Waals surface area contributed by atoms with Crippen molar-refractivity contribution in [2.45, 2.75) is 38.8 Å². The van der Waals surface area contributed by atoms with Gasteiger partial charge in [-0.2, -0.15) is 4.98 Å². The second-order valence-corrected chi connectivity index (χ2v) is 7.81. The molecule has 1 amide bonds. The number of rotatable bonds is 8. The first-order valence-electron chi connectivity index (χ1n) is 10.3. The zero-order valence-corrected chi connectivity index (χ0v) is 18.3. The van der Waals surface area contributed by atoms with Crippen molar-refractivity contribution < 1.29 is 18.8 Å². The Balaban J connectivity index is 1.54. The van der Waals surface area contributed by atoms with E-state index in [-0.39, 0.29) is 11.9 Å². The summed E-state index contributed by atoms with van der Waals surface area (Å²) in [5.41, 5.74) is 1.75. The summed E-state index contributed by atoms with van der Waals surface area (Å²) in [5, 5.41) is 4.80. The predicted octanol–water partition coefficient (Wildman–Crippen LogP) is 5.05. The zero-order chi connectivity index (χ0) is 21.8. The first kappa shape index (κ1) is 21.2. The number of amides is 1. The molecule has 4 rings (SSSR count). The normalized spacial score (nSPS) is 16.0. The highest BCUT2D eigenvalue weighted by Gasteiger charge is 2.36. The lowest BCUT2D eigenvalue weighted by molar-refractivity contribution is -0.129. The van der Waals surface area contributed by atoms with Crippen LogP contribution in [0.25, 0.3) is 11.4 Å². The molecule has 0 radical (unpaired) electrons. The van der Waals surface area contributed by atoms with Gasteiger partial charge < -0.3 is 18.9 Å². The van der Waals surface area contributed by atoms with Crippen molar-refractivity contribution in [1.29, 1.82) is 0 Å². The summed E-state index contributed by atoms with van der Waals surface area (Å²) in [6.45, 7) is 3.13. The number of benzene rings is 2. The minimum Gasteiger partial charge on any atom is -0.493 e. The van der Waals surface area contributed by atoms with E-state index in [2.05, 4.69) is 10.1 Å². The highest BCUT2D eigenvalue weighted by atomic mass is 35.5. The summed E-state index contributed by atoms with van der Waals surface area (Å²) in [4.78, 5) is 18.9. The summed E-state index contributed by atoms with van der Waals surface area (Å²) in [7, 11) is 1.60. The average Bonchev–Trinajstić information content (AvgIpc) is 3.41. The third-order valence-corrected chi connectivity index (χ3v) is 5.46. The monoisotopic (exact) mass is 441 g/mol. The van der Waals surface area contributed by atoms with Gasteiger partial charge in [0.15, 0.2) is 11.5 Å². The van der Waals surface area contributed by atoms with Crippen LogP contribution in [0.15, 0.2) is 47.0 Å². The molecule has 2 heterocycles. The van der Waals surface area contributed by atoms with Gasteiger partial charge in [-0.05, 0) is 48.7 Å². The Morgan fingerprint density at radius 1 is 1.19 bits per heavy atom. The SMILES string of the molecule is CCCOc1ccc(-c2noc(C3CCC(=O)N3Cc3ccc(Cl)cc3)n2)cc1OC. The van der Waals surface area contributed by atoms with Gasteiger partial charge in [0.25, 0.3) is 0 Å². The Hall–Kier alpha value is -3.06. The topological polar surface area (TPSA) is 77.7 Å². The molecule has 0 bridgehead atoms. The van der Waals surface area contributed by atoms with E-state index < -0.39 is 0 Å². The second-order valence-electron chi connectivity index (χ2n) is 7.37. The summed E-state index contributed by atoms with van der Waals surface area (Å²) >= 11 is 5.97. The Labute approximate surface area is 185 Å². The van der Waals surface area contributed by atoms with Gasteiger partial charge in [0.05, 0.1) is 13.7 Å². The van der Waals surface area contributed by atoms with Gasteiger partial charge in [0, 0.05) is 23.6 Å². The number of halogens is 1. The molecule has 162 valence electrons. The fraction of sp³-hybridized carbons (Fsp3) is 0.348. The first-order chi connectivity index (χ1) is 15.1. The fourth-order valence-electron chi connectivity index (χ4n) is 3.60. The number of carbonyl (C=O) groups is 1. The summed E-state index contributed by atoms with van der Waals surface area (Å²) < 4.78 is 16.7. The van der Waals surface area contributed by atoms with Gasteiger partial charge in [-0.15, -0.1) is 0 Å². The zero-order valence-electron chi connectivity index (χ0n) is 17.5. The lowest BCUT2D eigenvalue weighted by Gasteiger charge is -2.22. The Morgan fingerprint density at radius 3 is 2.74 bits per heavy atom. The molecule has 1 saturated heterocycles. The van der Waals surface area contributed by atoms with Crippen LogP contribution in [0.4, 0.5) is 0 Å². The molecule has 3 aromatic rings. The van der Waals surface area contributed by atoms with E-state index in [0.717, 1.165) is 17.5 Å². The quantitative estimate of drug-likeness (QED) is 0.486. The lowest BCUT2D eigenvalue weighted by atomic mass is 10.1. The fourth-order valence-corrected chi connectivity index (χ4v) is 3.73. The van der Waals surface area contributed by atoms with Crippen LogP contribution in [0.5, 0.6) is 11.5 Å². The highest BCUT2D eigenvalue weighted by Crippen LogP contribution is 2.36. The Kier molecular flexibility index (Phi) is 6.42. The molecule has 0 spiro atoms. The number of nitrogens with zero attached hydrogens (tertiary/aromatic N) is 3. The van der Waals surface area contributed by atoms with E-state index in [1.54, 1.807) is 12.0 Å². The molecule has 1 unspecified atom stereocenters. The van der Waals surface area contributed by atoms with E-state index in [1.165, 1.54) is 0 Å². The van der Waals surface area contributed by atoms with Crippen LogP contribution in [-0.4, -0.2) is 34.7 Å². The number of hydrogen-bond acceptors (Lipinski definition) is 6. The average molecular weight is 442 g/mol. The molecule has 1 fully saturated rings. The van der Waals surface area contributed by atoms with Crippen LogP contribution in [-0.2, 0) is 11.3 Å². The molecule has 0 N–H and O–H groups in total. The van der Waals surface area contributed by atoms with Crippen molar-refractivity contribution >= 4 is 17.5 Å². The van der Waals surface area contributed by atoms with Gasteiger partial charge in [-0.25, -0.2) is 0 Å².